The molecule has 34 heavy (non-hydrogen) atoms. The van der Waals surface area contributed by atoms with Crippen LogP contribution >= 0.6 is 0 Å². The summed E-state index contributed by atoms with van der Waals surface area (Å²) in [7, 11) is 0. The Bertz CT molecular complexity index is 1390. The van der Waals surface area contributed by atoms with Crippen LogP contribution in [0, 0.1) is 0 Å². The van der Waals surface area contributed by atoms with E-state index in [0.29, 0.717) is 0 Å². The first kappa shape index (κ1) is 20.3. The van der Waals surface area contributed by atoms with Gasteiger partial charge in [0.1, 0.15) is 0 Å². The first-order chi connectivity index (χ1) is 16.8. The SMILES string of the molecule is Nc1cccc(N2c3ccccc3Cc3ccccc3-c3ccccc3Cc3ccccc32)c1. The molecule has 0 fully saturated rings. The van der Waals surface area contributed by atoms with Gasteiger partial charge in [-0.25, -0.2) is 0 Å². The summed E-state index contributed by atoms with van der Waals surface area (Å²) < 4.78 is 0. The number of fused-ring (bicyclic) bond motifs is 5. The molecular formula is C32H26N2. The highest BCUT2D eigenvalue weighted by molar-refractivity contribution is 5.83. The lowest BCUT2D eigenvalue weighted by Gasteiger charge is -2.30. The lowest BCUT2D eigenvalue weighted by Crippen LogP contribution is -2.14. The van der Waals surface area contributed by atoms with Crippen molar-refractivity contribution in [2.75, 3.05) is 10.6 Å². The zero-order valence-corrected chi connectivity index (χ0v) is 19.0. The minimum absolute atomic E-state index is 0.762. The normalized spacial score (nSPS) is 12.5. The summed E-state index contributed by atoms with van der Waals surface area (Å²) in [5.41, 5.74) is 18.3. The van der Waals surface area contributed by atoms with E-state index in [2.05, 4.69) is 114 Å². The summed E-state index contributed by atoms with van der Waals surface area (Å²) >= 11 is 0. The van der Waals surface area contributed by atoms with E-state index in [4.69, 9.17) is 5.73 Å². The molecule has 6 rings (SSSR count). The fourth-order valence-corrected chi connectivity index (χ4v) is 5.11. The van der Waals surface area contributed by atoms with Crippen LogP contribution in [0.25, 0.3) is 11.1 Å². The number of anilines is 4. The molecule has 2 N–H and O–H groups in total. The van der Waals surface area contributed by atoms with Crippen molar-refractivity contribution in [1.82, 2.24) is 0 Å². The Hall–Kier alpha value is -4.30. The molecular weight excluding hydrogens is 412 g/mol. The molecule has 0 unspecified atom stereocenters. The second-order valence-electron chi connectivity index (χ2n) is 8.86. The topological polar surface area (TPSA) is 29.3 Å². The fourth-order valence-electron chi connectivity index (χ4n) is 5.11. The van der Waals surface area contributed by atoms with Crippen molar-refractivity contribution in [3.63, 3.8) is 0 Å². The molecule has 164 valence electrons. The quantitative estimate of drug-likeness (QED) is 0.264. The van der Waals surface area contributed by atoms with E-state index in [1.54, 1.807) is 0 Å². The van der Waals surface area contributed by atoms with Crippen molar-refractivity contribution in [1.29, 1.82) is 0 Å². The first-order valence-electron chi connectivity index (χ1n) is 11.8. The Morgan fingerprint density at radius 2 is 0.941 bits per heavy atom. The standard InChI is InChI=1S/C32H26N2/c33-27-14-9-15-28(22-27)34-31-18-7-3-12-25(31)20-23-10-1-5-16-29(23)30-17-6-2-11-24(30)21-26-13-4-8-19-32(26)34/h1-19,22H,20-21,33H2. The number of para-hydroxylation sites is 2. The van der Waals surface area contributed by atoms with E-state index >= 15 is 0 Å². The smallest absolute Gasteiger partial charge is 0.0497 e. The zero-order valence-electron chi connectivity index (χ0n) is 19.0. The predicted molar refractivity (Wildman–Crippen MR) is 143 cm³/mol. The Balaban J connectivity index is 1.68. The van der Waals surface area contributed by atoms with Gasteiger partial charge in [0.15, 0.2) is 0 Å². The third kappa shape index (κ3) is 3.64. The van der Waals surface area contributed by atoms with E-state index in [-0.39, 0.29) is 0 Å². The van der Waals surface area contributed by atoms with Crippen LogP contribution in [0.3, 0.4) is 0 Å². The van der Waals surface area contributed by atoms with Gasteiger partial charge in [0.25, 0.3) is 0 Å². The second kappa shape index (κ2) is 8.57. The molecule has 0 saturated heterocycles. The average molecular weight is 439 g/mol. The van der Waals surface area contributed by atoms with E-state index in [0.717, 1.165) is 24.2 Å². The van der Waals surface area contributed by atoms with Gasteiger partial charge >= 0.3 is 0 Å². The highest BCUT2D eigenvalue weighted by Gasteiger charge is 2.21. The van der Waals surface area contributed by atoms with Crippen molar-refractivity contribution in [3.8, 4) is 11.1 Å². The lowest BCUT2D eigenvalue weighted by molar-refractivity contribution is 1.14. The van der Waals surface area contributed by atoms with Crippen molar-refractivity contribution in [2.45, 2.75) is 12.8 Å². The summed E-state index contributed by atoms with van der Waals surface area (Å²) in [5, 5.41) is 0. The first-order valence-corrected chi connectivity index (χ1v) is 11.8. The van der Waals surface area contributed by atoms with Crippen LogP contribution in [0.5, 0.6) is 0 Å². The van der Waals surface area contributed by atoms with Crippen molar-refractivity contribution < 1.29 is 0 Å². The Kier molecular flexibility index (Phi) is 5.12. The number of rotatable bonds is 1. The average Bonchev–Trinajstić information content (AvgIpc) is 2.89. The van der Waals surface area contributed by atoms with Gasteiger partial charge < -0.3 is 10.6 Å². The number of nitrogens with two attached hydrogens (primary N) is 1. The maximum absolute atomic E-state index is 6.26. The third-order valence-corrected chi connectivity index (χ3v) is 6.68. The van der Waals surface area contributed by atoms with Crippen molar-refractivity contribution >= 4 is 22.7 Å². The van der Waals surface area contributed by atoms with Gasteiger partial charge in [-0.3, -0.25) is 0 Å². The van der Waals surface area contributed by atoms with Gasteiger partial charge in [-0.1, -0.05) is 91.0 Å². The van der Waals surface area contributed by atoms with Crippen LogP contribution in [0.4, 0.5) is 22.7 Å². The maximum Gasteiger partial charge on any atom is 0.0497 e. The van der Waals surface area contributed by atoms with Crippen LogP contribution < -0.4 is 10.6 Å². The number of benzene rings is 5. The molecule has 0 amide bonds. The molecule has 0 radical (unpaired) electrons. The van der Waals surface area contributed by atoms with Crippen LogP contribution in [-0.4, -0.2) is 0 Å². The minimum Gasteiger partial charge on any atom is -0.399 e. The number of hydrogen-bond acceptors (Lipinski definition) is 2. The third-order valence-electron chi connectivity index (χ3n) is 6.68. The predicted octanol–water partition coefficient (Wildman–Crippen LogP) is 7.90. The van der Waals surface area contributed by atoms with Gasteiger partial charge in [-0.2, -0.15) is 0 Å². The van der Waals surface area contributed by atoms with Gasteiger partial charge in [-0.15, -0.1) is 0 Å². The molecule has 0 atom stereocenters. The summed E-state index contributed by atoms with van der Waals surface area (Å²) in [6, 6.07) is 43.3. The van der Waals surface area contributed by atoms with E-state index in [1.807, 2.05) is 12.1 Å². The van der Waals surface area contributed by atoms with Gasteiger partial charge in [0, 0.05) is 35.6 Å². The molecule has 1 aliphatic rings. The maximum atomic E-state index is 6.26. The highest BCUT2D eigenvalue weighted by Crippen LogP contribution is 2.42. The van der Waals surface area contributed by atoms with Crippen LogP contribution in [0.2, 0.25) is 0 Å². The molecule has 2 heteroatoms. The Morgan fingerprint density at radius 3 is 1.47 bits per heavy atom. The van der Waals surface area contributed by atoms with Gasteiger partial charge in [0.2, 0.25) is 0 Å². The molecule has 0 spiro atoms. The monoisotopic (exact) mass is 438 g/mol. The molecule has 0 saturated carbocycles. The summed E-state index contributed by atoms with van der Waals surface area (Å²) in [4.78, 5) is 2.37. The largest absolute Gasteiger partial charge is 0.399 e. The minimum atomic E-state index is 0.762. The molecule has 5 aromatic rings. The van der Waals surface area contributed by atoms with Crippen molar-refractivity contribution in [2.24, 2.45) is 0 Å². The van der Waals surface area contributed by atoms with Gasteiger partial charge in [0.05, 0.1) is 0 Å². The summed E-state index contributed by atoms with van der Waals surface area (Å²) in [6.07, 6.45) is 1.70. The Labute approximate surface area is 200 Å². The Morgan fingerprint density at radius 1 is 0.471 bits per heavy atom. The molecule has 1 aliphatic heterocycles. The number of nitrogens with zero attached hydrogens (tertiary/aromatic N) is 1. The fraction of sp³-hybridized carbons (Fsp3) is 0.0625. The molecule has 0 aliphatic carbocycles. The molecule has 1 heterocycles. The summed E-state index contributed by atoms with van der Waals surface area (Å²) in [5.74, 6) is 0. The van der Waals surface area contributed by atoms with E-state index in [9.17, 15) is 0 Å². The van der Waals surface area contributed by atoms with Gasteiger partial charge in [-0.05, 0) is 63.7 Å². The number of nitrogen functional groups attached to an aromatic ring is 1. The molecule has 2 nitrogen and oxygen atoms in total. The second-order valence-corrected chi connectivity index (χ2v) is 8.86. The zero-order chi connectivity index (χ0) is 22.9. The number of hydrogen-bond donors (Lipinski definition) is 1. The highest BCUT2D eigenvalue weighted by atomic mass is 15.1. The summed E-state index contributed by atoms with van der Waals surface area (Å²) in [6.45, 7) is 0. The molecule has 5 aromatic carbocycles. The van der Waals surface area contributed by atoms with E-state index in [1.165, 1.54) is 44.8 Å². The van der Waals surface area contributed by atoms with Crippen molar-refractivity contribution in [3.05, 3.63) is 144 Å². The van der Waals surface area contributed by atoms with Crippen LogP contribution in [-0.2, 0) is 12.8 Å². The van der Waals surface area contributed by atoms with Crippen LogP contribution in [0.15, 0.2) is 121 Å². The molecule has 0 aromatic heterocycles. The van der Waals surface area contributed by atoms with E-state index < -0.39 is 0 Å². The lowest BCUT2D eigenvalue weighted by atomic mass is 9.90. The van der Waals surface area contributed by atoms with Crippen LogP contribution in [0.1, 0.15) is 22.3 Å². The molecule has 0 bridgehead atoms.